The molecule has 0 saturated heterocycles. The minimum atomic E-state index is -3.82. The van der Waals surface area contributed by atoms with Crippen LogP contribution in [0.15, 0.2) is 53.4 Å². The predicted octanol–water partition coefficient (Wildman–Crippen LogP) is 3.01. The molecule has 2 aromatic rings. The molecule has 1 N–H and O–H groups in total. The molecule has 0 amide bonds. The topological polar surface area (TPSA) is 46.2 Å². The van der Waals surface area contributed by atoms with Crippen molar-refractivity contribution in [3.8, 4) is 0 Å². The first-order valence-electron chi connectivity index (χ1n) is 6.47. The fraction of sp³-hybridized carbons (Fsp3) is 0.200. The Bertz CT molecular complexity index is 779. The number of rotatable bonds is 3. The summed E-state index contributed by atoms with van der Waals surface area (Å²) in [6, 6.07) is 11.9. The van der Waals surface area contributed by atoms with Crippen molar-refractivity contribution in [3.05, 3.63) is 65.5 Å². The van der Waals surface area contributed by atoms with Gasteiger partial charge in [-0.1, -0.05) is 30.3 Å². The maximum Gasteiger partial charge on any atom is 0.241 e. The van der Waals surface area contributed by atoms with Crippen LogP contribution in [0.2, 0.25) is 0 Å². The Labute approximate surface area is 127 Å². The second kappa shape index (κ2) is 5.40. The minimum Gasteiger partial charge on any atom is -0.207 e. The summed E-state index contributed by atoms with van der Waals surface area (Å²) < 4.78 is 40.5. The lowest BCUT2D eigenvalue weighted by molar-refractivity contribution is 0.554. The van der Waals surface area contributed by atoms with Crippen molar-refractivity contribution in [3.63, 3.8) is 0 Å². The van der Waals surface area contributed by atoms with Crippen molar-refractivity contribution < 1.29 is 12.8 Å². The molecule has 2 aromatic carbocycles. The fourth-order valence-corrected chi connectivity index (χ4v) is 4.28. The highest BCUT2D eigenvalue weighted by atomic mass is 35.5. The molecule has 0 aromatic heterocycles. The number of hydrogen-bond acceptors (Lipinski definition) is 2. The van der Waals surface area contributed by atoms with Crippen LogP contribution in [-0.4, -0.2) is 13.8 Å². The third-order valence-electron chi connectivity index (χ3n) is 3.56. The van der Waals surface area contributed by atoms with E-state index in [-0.39, 0.29) is 10.3 Å². The monoisotopic (exact) mass is 325 g/mol. The Balaban J connectivity index is 1.93. The van der Waals surface area contributed by atoms with E-state index in [4.69, 9.17) is 11.6 Å². The van der Waals surface area contributed by atoms with Crippen molar-refractivity contribution in [2.24, 2.45) is 0 Å². The third-order valence-corrected chi connectivity index (χ3v) is 5.40. The number of halogens is 2. The molecule has 21 heavy (non-hydrogen) atoms. The van der Waals surface area contributed by atoms with E-state index < -0.39 is 21.9 Å². The molecule has 0 bridgehead atoms. The highest BCUT2D eigenvalue weighted by molar-refractivity contribution is 7.89. The fourth-order valence-electron chi connectivity index (χ4n) is 2.55. The van der Waals surface area contributed by atoms with E-state index in [1.165, 1.54) is 18.2 Å². The van der Waals surface area contributed by atoms with Gasteiger partial charge in [-0.3, -0.25) is 0 Å². The normalized spacial score (nSPS) is 21.2. The quantitative estimate of drug-likeness (QED) is 0.882. The highest BCUT2D eigenvalue weighted by Gasteiger charge is 2.34. The van der Waals surface area contributed by atoms with Gasteiger partial charge in [0.05, 0.1) is 16.3 Å². The first kappa shape index (κ1) is 14.5. The summed E-state index contributed by atoms with van der Waals surface area (Å²) in [6.45, 7) is 0. The van der Waals surface area contributed by atoms with E-state index in [1.807, 2.05) is 24.3 Å². The van der Waals surface area contributed by atoms with Gasteiger partial charge in [0.1, 0.15) is 5.82 Å². The van der Waals surface area contributed by atoms with E-state index in [9.17, 15) is 12.8 Å². The molecule has 2 atom stereocenters. The first-order valence-corrected chi connectivity index (χ1v) is 8.39. The third kappa shape index (κ3) is 2.81. The van der Waals surface area contributed by atoms with Gasteiger partial charge in [-0.15, -0.1) is 11.6 Å². The first-order chi connectivity index (χ1) is 9.97. The van der Waals surface area contributed by atoms with Gasteiger partial charge in [-0.05, 0) is 35.7 Å². The Morgan fingerprint density at radius 2 is 1.90 bits per heavy atom. The molecule has 0 radical (unpaired) electrons. The van der Waals surface area contributed by atoms with E-state index in [1.54, 1.807) is 0 Å². The average Bonchev–Trinajstić information content (AvgIpc) is 2.75. The number of sulfonamides is 1. The number of alkyl halides is 1. The average molecular weight is 326 g/mol. The second-order valence-corrected chi connectivity index (χ2v) is 7.25. The zero-order valence-corrected chi connectivity index (χ0v) is 12.5. The van der Waals surface area contributed by atoms with Gasteiger partial charge in [0.25, 0.3) is 0 Å². The van der Waals surface area contributed by atoms with Crippen LogP contribution in [0.1, 0.15) is 17.2 Å². The van der Waals surface area contributed by atoms with Crippen LogP contribution in [0.5, 0.6) is 0 Å². The van der Waals surface area contributed by atoms with Crippen LogP contribution in [0, 0.1) is 5.82 Å². The summed E-state index contributed by atoms with van der Waals surface area (Å²) >= 11 is 6.27. The molecule has 0 fully saturated rings. The molecule has 3 nitrogen and oxygen atoms in total. The van der Waals surface area contributed by atoms with Gasteiger partial charge in [0, 0.05) is 0 Å². The van der Waals surface area contributed by atoms with Crippen LogP contribution >= 0.6 is 11.6 Å². The SMILES string of the molecule is O=S(=O)(NC1c2ccccc2CC1Cl)c1cccc(F)c1. The summed E-state index contributed by atoms with van der Waals surface area (Å²) in [5.41, 5.74) is 1.90. The van der Waals surface area contributed by atoms with Crippen LogP contribution < -0.4 is 4.72 Å². The van der Waals surface area contributed by atoms with Crippen molar-refractivity contribution in [2.75, 3.05) is 0 Å². The van der Waals surface area contributed by atoms with Crippen LogP contribution in [-0.2, 0) is 16.4 Å². The smallest absolute Gasteiger partial charge is 0.207 e. The van der Waals surface area contributed by atoms with Crippen LogP contribution in [0.25, 0.3) is 0 Å². The molecule has 110 valence electrons. The molecule has 0 spiro atoms. The summed E-state index contributed by atoms with van der Waals surface area (Å²) in [5, 5.41) is -0.356. The lowest BCUT2D eigenvalue weighted by Crippen LogP contribution is -2.31. The zero-order valence-electron chi connectivity index (χ0n) is 11.0. The molecule has 0 aliphatic heterocycles. The maximum absolute atomic E-state index is 13.2. The molecule has 6 heteroatoms. The van der Waals surface area contributed by atoms with E-state index >= 15 is 0 Å². The molecular weight excluding hydrogens is 313 g/mol. The number of benzene rings is 2. The number of nitrogens with one attached hydrogen (secondary N) is 1. The molecule has 3 rings (SSSR count). The van der Waals surface area contributed by atoms with Crippen LogP contribution in [0.3, 0.4) is 0 Å². The second-order valence-electron chi connectivity index (χ2n) is 4.98. The van der Waals surface area contributed by atoms with Gasteiger partial charge in [-0.25, -0.2) is 17.5 Å². The molecular formula is C15H13ClFNO2S. The van der Waals surface area contributed by atoms with Gasteiger partial charge in [-0.2, -0.15) is 0 Å². The van der Waals surface area contributed by atoms with E-state index in [0.29, 0.717) is 6.42 Å². The lowest BCUT2D eigenvalue weighted by atomic mass is 10.1. The van der Waals surface area contributed by atoms with Crippen molar-refractivity contribution in [2.45, 2.75) is 22.7 Å². The maximum atomic E-state index is 13.2. The standard InChI is InChI=1S/C15H13ClFNO2S/c16-14-8-10-4-1-2-7-13(10)15(14)18-21(19,20)12-6-3-5-11(17)9-12/h1-7,9,14-15,18H,8H2. The predicted molar refractivity (Wildman–Crippen MR) is 79.2 cm³/mol. The van der Waals surface area contributed by atoms with Gasteiger partial charge >= 0.3 is 0 Å². The van der Waals surface area contributed by atoms with Gasteiger partial charge < -0.3 is 0 Å². The summed E-state index contributed by atoms with van der Waals surface area (Å²) in [4.78, 5) is -0.101. The Kier molecular flexibility index (Phi) is 3.73. The van der Waals surface area contributed by atoms with E-state index in [2.05, 4.69) is 4.72 Å². The van der Waals surface area contributed by atoms with Crippen molar-refractivity contribution in [1.82, 2.24) is 4.72 Å². The lowest BCUT2D eigenvalue weighted by Gasteiger charge is -2.17. The van der Waals surface area contributed by atoms with Crippen molar-refractivity contribution >= 4 is 21.6 Å². The van der Waals surface area contributed by atoms with Gasteiger partial charge in [0.2, 0.25) is 10.0 Å². The highest BCUT2D eigenvalue weighted by Crippen LogP contribution is 2.35. The Hall–Kier alpha value is -1.43. The van der Waals surface area contributed by atoms with E-state index in [0.717, 1.165) is 17.2 Å². The molecule has 1 aliphatic rings. The summed E-state index contributed by atoms with van der Waals surface area (Å²) in [7, 11) is -3.82. The number of fused-ring (bicyclic) bond motifs is 1. The number of hydrogen-bond donors (Lipinski definition) is 1. The molecule has 2 unspecified atom stereocenters. The molecule has 1 aliphatic carbocycles. The Morgan fingerprint density at radius 3 is 2.67 bits per heavy atom. The zero-order chi connectivity index (χ0) is 15.0. The summed E-state index contributed by atoms with van der Waals surface area (Å²) in [5.74, 6) is -0.591. The minimum absolute atomic E-state index is 0.101. The Morgan fingerprint density at radius 1 is 1.14 bits per heavy atom. The van der Waals surface area contributed by atoms with Gasteiger partial charge in [0.15, 0.2) is 0 Å². The molecule has 0 saturated carbocycles. The molecule has 0 heterocycles. The van der Waals surface area contributed by atoms with Crippen molar-refractivity contribution in [1.29, 1.82) is 0 Å². The largest absolute Gasteiger partial charge is 0.241 e. The van der Waals surface area contributed by atoms with Crippen LogP contribution in [0.4, 0.5) is 4.39 Å². The summed E-state index contributed by atoms with van der Waals surface area (Å²) in [6.07, 6.45) is 0.605.